The third kappa shape index (κ3) is 6.39. The van der Waals surface area contributed by atoms with Gasteiger partial charge in [-0.25, -0.2) is 4.99 Å². The number of hydrogen-bond acceptors (Lipinski definition) is 3. The van der Waals surface area contributed by atoms with Gasteiger partial charge >= 0.3 is 0 Å². The molecular weight excluding hydrogens is 328 g/mol. The van der Waals surface area contributed by atoms with Gasteiger partial charge in [0.05, 0.1) is 6.26 Å². The molecule has 1 fully saturated rings. The Morgan fingerprint density at radius 2 is 2.12 bits per heavy atom. The average molecular weight is 363 g/mol. The molecule has 0 aromatic carbocycles. The normalized spacial score (nSPS) is 16.3. The highest BCUT2D eigenvalue weighted by Crippen LogP contribution is 2.45. The maximum Gasteiger partial charge on any atom is 0.243 e. The SMILES string of the molecule is CC(C)CC1(CNC(=NCC(=O)N(C)C)NCCc2ccco2)CCC1. The largest absolute Gasteiger partial charge is 0.469 e. The molecule has 6 nitrogen and oxygen atoms in total. The van der Waals surface area contributed by atoms with E-state index in [4.69, 9.17) is 4.42 Å². The van der Waals surface area contributed by atoms with Crippen molar-refractivity contribution in [3.63, 3.8) is 0 Å². The van der Waals surface area contributed by atoms with Crippen LogP contribution in [0.5, 0.6) is 0 Å². The van der Waals surface area contributed by atoms with Gasteiger partial charge in [-0.15, -0.1) is 0 Å². The molecule has 1 aromatic heterocycles. The van der Waals surface area contributed by atoms with Crippen molar-refractivity contribution in [1.82, 2.24) is 15.5 Å². The molecule has 0 spiro atoms. The highest BCUT2D eigenvalue weighted by Gasteiger charge is 2.37. The molecule has 1 saturated carbocycles. The number of hydrogen-bond donors (Lipinski definition) is 2. The number of carbonyl (C=O) groups is 1. The van der Waals surface area contributed by atoms with Crippen LogP contribution in [0, 0.1) is 11.3 Å². The minimum absolute atomic E-state index is 0.00216. The molecule has 2 rings (SSSR count). The Hall–Kier alpha value is -1.98. The summed E-state index contributed by atoms with van der Waals surface area (Å²) in [6, 6.07) is 3.86. The molecule has 2 N–H and O–H groups in total. The number of amides is 1. The second kappa shape index (κ2) is 9.64. The maximum absolute atomic E-state index is 11.9. The Kier molecular flexibility index (Phi) is 7.54. The van der Waals surface area contributed by atoms with Gasteiger partial charge < -0.3 is 20.0 Å². The number of likely N-dealkylation sites (N-methyl/N-ethyl adjacent to an activating group) is 1. The van der Waals surface area contributed by atoms with Crippen LogP contribution >= 0.6 is 0 Å². The van der Waals surface area contributed by atoms with Gasteiger partial charge in [0.15, 0.2) is 5.96 Å². The summed E-state index contributed by atoms with van der Waals surface area (Å²) in [6.07, 6.45) is 7.56. The van der Waals surface area contributed by atoms with Crippen molar-refractivity contribution in [2.75, 3.05) is 33.7 Å². The summed E-state index contributed by atoms with van der Waals surface area (Å²) in [5.41, 5.74) is 0.378. The summed E-state index contributed by atoms with van der Waals surface area (Å²) < 4.78 is 5.37. The van der Waals surface area contributed by atoms with Gasteiger partial charge in [0.1, 0.15) is 12.3 Å². The second-order valence-corrected chi connectivity index (χ2v) is 8.01. The fraction of sp³-hybridized carbons (Fsp3) is 0.700. The number of carbonyl (C=O) groups excluding carboxylic acids is 1. The number of guanidine groups is 1. The van der Waals surface area contributed by atoms with Crippen molar-refractivity contribution in [2.45, 2.75) is 46.0 Å². The molecule has 6 heteroatoms. The van der Waals surface area contributed by atoms with Gasteiger partial charge in [-0.05, 0) is 42.7 Å². The predicted octanol–water partition coefficient (Wildman–Crippen LogP) is 2.66. The first kappa shape index (κ1) is 20.3. The van der Waals surface area contributed by atoms with Crippen LogP contribution in [0.3, 0.4) is 0 Å². The van der Waals surface area contributed by atoms with E-state index in [2.05, 4.69) is 29.5 Å². The van der Waals surface area contributed by atoms with Crippen LogP contribution in [0.1, 0.15) is 45.3 Å². The molecule has 26 heavy (non-hydrogen) atoms. The summed E-state index contributed by atoms with van der Waals surface area (Å²) in [4.78, 5) is 17.9. The van der Waals surface area contributed by atoms with Gasteiger partial charge in [0.25, 0.3) is 0 Å². The van der Waals surface area contributed by atoms with Gasteiger partial charge in [-0.2, -0.15) is 0 Å². The highest BCUT2D eigenvalue weighted by molar-refractivity contribution is 5.84. The summed E-state index contributed by atoms with van der Waals surface area (Å²) in [7, 11) is 3.50. The zero-order chi connectivity index (χ0) is 19.0. The first-order chi connectivity index (χ1) is 12.4. The number of rotatable bonds is 9. The van der Waals surface area contributed by atoms with Crippen molar-refractivity contribution >= 4 is 11.9 Å². The Balaban J connectivity index is 1.90. The van der Waals surface area contributed by atoms with Crippen molar-refractivity contribution in [3.05, 3.63) is 24.2 Å². The van der Waals surface area contributed by atoms with E-state index in [1.54, 1.807) is 25.3 Å². The van der Waals surface area contributed by atoms with Crippen LogP contribution in [0.25, 0.3) is 0 Å². The number of nitrogens with one attached hydrogen (secondary N) is 2. The van der Waals surface area contributed by atoms with E-state index < -0.39 is 0 Å². The third-order valence-corrected chi connectivity index (χ3v) is 5.00. The standard InChI is InChI=1S/C20H34N4O2/c1-16(2)13-20(9-6-10-20)15-23-19(22-14-18(25)24(3)4)21-11-8-17-7-5-12-26-17/h5,7,12,16H,6,8-11,13-15H2,1-4H3,(H2,21,22,23). The Labute approximate surface area is 157 Å². The molecule has 1 aliphatic rings. The molecule has 0 radical (unpaired) electrons. The number of aliphatic imine (C=N–C) groups is 1. The molecule has 0 saturated heterocycles. The maximum atomic E-state index is 11.9. The topological polar surface area (TPSA) is 69.9 Å². The lowest BCUT2D eigenvalue weighted by molar-refractivity contribution is -0.127. The second-order valence-electron chi connectivity index (χ2n) is 8.01. The van der Waals surface area contributed by atoms with Crippen molar-refractivity contribution in [2.24, 2.45) is 16.3 Å². The Bertz CT molecular complexity index is 575. The fourth-order valence-electron chi connectivity index (χ4n) is 3.49. The van der Waals surface area contributed by atoms with Crippen LogP contribution in [-0.2, 0) is 11.2 Å². The molecule has 0 bridgehead atoms. The molecule has 1 heterocycles. The molecule has 0 aliphatic heterocycles. The number of furan rings is 1. The highest BCUT2D eigenvalue weighted by atomic mass is 16.3. The first-order valence-corrected chi connectivity index (χ1v) is 9.65. The lowest BCUT2D eigenvalue weighted by atomic mass is 9.64. The van der Waals surface area contributed by atoms with E-state index in [-0.39, 0.29) is 12.5 Å². The van der Waals surface area contributed by atoms with Crippen LogP contribution in [0.4, 0.5) is 0 Å². The molecule has 1 aliphatic carbocycles. The quantitative estimate of drug-likeness (QED) is 0.523. The lowest BCUT2D eigenvalue weighted by Gasteiger charge is -2.43. The Morgan fingerprint density at radius 1 is 1.35 bits per heavy atom. The molecular formula is C20H34N4O2. The van der Waals surface area contributed by atoms with E-state index >= 15 is 0 Å². The van der Waals surface area contributed by atoms with Crippen molar-refractivity contribution in [1.29, 1.82) is 0 Å². The summed E-state index contributed by atoms with van der Waals surface area (Å²) in [5.74, 6) is 2.34. The molecule has 146 valence electrons. The van der Waals surface area contributed by atoms with Crippen LogP contribution in [0.2, 0.25) is 0 Å². The van der Waals surface area contributed by atoms with Crippen molar-refractivity contribution < 1.29 is 9.21 Å². The van der Waals surface area contributed by atoms with Crippen molar-refractivity contribution in [3.8, 4) is 0 Å². The van der Waals surface area contributed by atoms with E-state index in [9.17, 15) is 4.79 Å². The summed E-state index contributed by atoms with van der Waals surface area (Å²) in [6.45, 7) is 6.35. The lowest BCUT2D eigenvalue weighted by Crippen LogP contribution is -2.47. The van der Waals surface area contributed by atoms with Crippen LogP contribution in [0.15, 0.2) is 27.8 Å². The summed E-state index contributed by atoms with van der Waals surface area (Å²) >= 11 is 0. The van der Waals surface area contributed by atoms with E-state index in [1.807, 2.05) is 12.1 Å². The monoisotopic (exact) mass is 362 g/mol. The van der Waals surface area contributed by atoms with E-state index in [1.165, 1.54) is 25.7 Å². The zero-order valence-electron chi connectivity index (χ0n) is 16.7. The minimum atomic E-state index is -0.00216. The average Bonchev–Trinajstić information content (AvgIpc) is 3.06. The third-order valence-electron chi connectivity index (χ3n) is 5.00. The van der Waals surface area contributed by atoms with Gasteiger partial charge in [-0.1, -0.05) is 20.3 Å². The molecule has 0 atom stereocenters. The zero-order valence-corrected chi connectivity index (χ0v) is 16.7. The fourth-order valence-corrected chi connectivity index (χ4v) is 3.49. The van der Waals surface area contributed by atoms with Crippen LogP contribution in [-0.4, -0.2) is 50.5 Å². The van der Waals surface area contributed by atoms with Crippen LogP contribution < -0.4 is 10.6 Å². The molecule has 1 amide bonds. The smallest absolute Gasteiger partial charge is 0.243 e. The van der Waals surface area contributed by atoms with Gasteiger partial charge in [-0.3, -0.25) is 4.79 Å². The van der Waals surface area contributed by atoms with E-state index in [0.29, 0.717) is 23.8 Å². The van der Waals surface area contributed by atoms with Gasteiger partial charge in [0.2, 0.25) is 5.91 Å². The predicted molar refractivity (Wildman–Crippen MR) is 105 cm³/mol. The molecule has 1 aromatic rings. The minimum Gasteiger partial charge on any atom is -0.469 e. The number of nitrogens with zero attached hydrogens (tertiary/aromatic N) is 2. The molecule has 0 unspecified atom stereocenters. The van der Waals surface area contributed by atoms with Gasteiger partial charge in [0, 0.05) is 33.6 Å². The Morgan fingerprint density at radius 3 is 2.65 bits per heavy atom. The summed E-state index contributed by atoms with van der Waals surface area (Å²) in [5, 5.41) is 6.81. The first-order valence-electron chi connectivity index (χ1n) is 9.65. The van der Waals surface area contributed by atoms with E-state index in [0.717, 1.165) is 18.7 Å².